The number of methoxy groups -OCH3 is 1. The van der Waals surface area contributed by atoms with E-state index in [1.165, 1.54) is 24.7 Å². The number of rotatable bonds is 4. The highest BCUT2D eigenvalue weighted by Gasteiger charge is 2.18. The summed E-state index contributed by atoms with van der Waals surface area (Å²) in [5.41, 5.74) is 2.01. The van der Waals surface area contributed by atoms with E-state index in [0.717, 1.165) is 20.1 Å². The Bertz CT molecular complexity index is 905. The smallest absolute Gasteiger partial charge is 0.260 e. The Morgan fingerprint density at radius 2 is 2.00 bits per heavy atom. The van der Waals surface area contributed by atoms with Gasteiger partial charge in [-0.15, -0.1) is 11.3 Å². The number of fused-ring (bicyclic) bond motifs is 1. The number of carbonyl (C=O) groups is 1. The average Bonchev–Trinajstić information content (AvgIpc) is 2.96. The van der Waals surface area contributed by atoms with Crippen molar-refractivity contribution in [3.05, 3.63) is 56.7 Å². The van der Waals surface area contributed by atoms with Crippen LogP contribution in [0.5, 0.6) is 5.75 Å². The highest BCUT2D eigenvalue weighted by Crippen LogP contribution is 2.36. The predicted octanol–water partition coefficient (Wildman–Crippen LogP) is 4.92. The highest BCUT2D eigenvalue weighted by molar-refractivity contribution is 9.11. The summed E-state index contributed by atoms with van der Waals surface area (Å²) in [6, 6.07) is 11.3. The second-order valence-electron chi connectivity index (χ2n) is 4.80. The van der Waals surface area contributed by atoms with Crippen molar-refractivity contribution in [1.82, 2.24) is 0 Å². The van der Waals surface area contributed by atoms with E-state index in [2.05, 4.69) is 21.2 Å². The molecule has 1 heterocycles. The van der Waals surface area contributed by atoms with Crippen LogP contribution in [-0.4, -0.2) is 19.2 Å². The molecule has 116 valence electrons. The Morgan fingerprint density at radius 3 is 2.70 bits per heavy atom. The van der Waals surface area contributed by atoms with Crippen molar-refractivity contribution >= 4 is 55.8 Å². The summed E-state index contributed by atoms with van der Waals surface area (Å²) in [6.07, 6.45) is 1.31. The zero-order valence-electron chi connectivity index (χ0n) is 12.2. The molecule has 1 amide bonds. The Labute approximate surface area is 145 Å². The van der Waals surface area contributed by atoms with Crippen LogP contribution in [0.1, 0.15) is 15.9 Å². The number of amides is 1. The molecule has 2 aromatic carbocycles. The summed E-state index contributed by atoms with van der Waals surface area (Å²) in [6.45, 7) is 0. The molecule has 1 aromatic heterocycles. The van der Waals surface area contributed by atoms with Gasteiger partial charge in [0.15, 0.2) is 5.75 Å². The molecule has 0 fully saturated rings. The van der Waals surface area contributed by atoms with E-state index >= 15 is 0 Å². The van der Waals surface area contributed by atoms with E-state index in [9.17, 15) is 4.79 Å². The van der Waals surface area contributed by atoms with Crippen molar-refractivity contribution in [2.24, 2.45) is 0 Å². The van der Waals surface area contributed by atoms with Gasteiger partial charge in [0.2, 0.25) is 0 Å². The molecule has 0 saturated carbocycles. The standard InChI is InChI=1S/C17H13BrN2O2S/c1-22-15-13(9-23-16(15)18)17(21)20-14-7-6-10(8-19)11-4-2-3-5-12(11)14/h2-9,19H,1H3,(H,20,21). The van der Waals surface area contributed by atoms with Gasteiger partial charge in [0.05, 0.1) is 12.7 Å². The van der Waals surface area contributed by atoms with Crippen LogP contribution in [-0.2, 0) is 0 Å². The molecule has 3 rings (SSSR count). The van der Waals surface area contributed by atoms with Crippen molar-refractivity contribution in [2.45, 2.75) is 0 Å². The molecule has 0 spiro atoms. The SMILES string of the molecule is COc1c(C(=O)Nc2ccc(C=N)c3ccccc23)csc1Br. The summed E-state index contributed by atoms with van der Waals surface area (Å²) in [7, 11) is 1.54. The van der Waals surface area contributed by atoms with E-state index in [1.807, 2.05) is 36.4 Å². The average molecular weight is 389 g/mol. The molecule has 0 radical (unpaired) electrons. The highest BCUT2D eigenvalue weighted by atomic mass is 79.9. The van der Waals surface area contributed by atoms with E-state index in [-0.39, 0.29) is 5.91 Å². The van der Waals surface area contributed by atoms with Gasteiger partial charge < -0.3 is 15.5 Å². The minimum absolute atomic E-state index is 0.225. The monoisotopic (exact) mass is 388 g/mol. The predicted molar refractivity (Wildman–Crippen MR) is 98.4 cm³/mol. The van der Waals surface area contributed by atoms with Crippen LogP contribution in [0.3, 0.4) is 0 Å². The fraction of sp³-hybridized carbons (Fsp3) is 0.0588. The third kappa shape index (κ3) is 2.87. The third-order valence-electron chi connectivity index (χ3n) is 3.51. The lowest BCUT2D eigenvalue weighted by Crippen LogP contribution is -2.12. The van der Waals surface area contributed by atoms with Gasteiger partial charge >= 0.3 is 0 Å². The number of thiophene rings is 1. The first-order valence-corrected chi connectivity index (χ1v) is 8.47. The van der Waals surface area contributed by atoms with Gasteiger partial charge in [0.25, 0.3) is 5.91 Å². The molecule has 0 aliphatic carbocycles. The van der Waals surface area contributed by atoms with Crippen LogP contribution < -0.4 is 10.1 Å². The van der Waals surface area contributed by atoms with Crippen LogP contribution in [0, 0.1) is 5.41 Å². The Morgan fingerprint density at radius 1 is 1.26 bits per heavy atom. The summed E-state index contributed by atoms with van der Waals surface area (Å²) >= 11 is 4.78. The second kappa shape index (κ2) is 6.52. The maximum atomic E-state index is 12.6. The van der Waals surface area contributed by atoms with E-state index in [1.54, 1.807) is 5.38 Å². The zero-order chi connectivity index (χ0) is 16.4. The molecule has 6 heteroatoms. The Hall–Kier alpha value is -2.18. The number of hydrogen-bond acceptors (Lipinski definition) is 4. The Balaban J connectivity index is 2.02. The van der Waals surface area contributed by atoms with Crippen molar-refractivity contribution in [3.63, 3.8) is 0 Å². The first kappa shape index (κ1) is 15.7. The van der Waals surface area contributed by atoms with E-state index in [0.29, 0.717) is 17.0 Å². The minimum atomic E-state index is -0.225. The summed E-state index contributed by atoms with van der Waals surface area (Å²) in [4.78, 5) is 12.6. The van der Waals surface area contributed by atoms with Crippen LogP contribution in [0.2, 0.25) is 0 Å². The molecule has 0 bridgehead atoms. The second-order valence-corrected chi connectivity index (χ2v) is 7.00. The largest absolute Gasteiger partial charge is 0.494 e. The van der Waals surface area contributed by atoms with Gasteiger partial charge in [-0.05, 0) is 32.9 Å². The fourth-order valence-corrected chi connectivity index (χ4v) is 3.81. The molecule has 3 aromatic rings. The van der Waals surface area contributed by atoms with Crippen LogP contribution in [0.15, 0.2) is 45.6 Å². The third-order valence-corrected chi connectivity index (χ3v) is 5.18. The molecule has 2 N–H and O–H groups in total. The van der Waals surface area contributed by atoms with E-state index < -0.39 is 0 Å². The maximum Gasteiger partial charge on any atom is 0.260 e. The van der Waals surface area contributed by atoms with Gasteiger partial charge in [0.1, 0.15) is 3.79 Å². The lowest BCUT2D eigenvalue weighted by atomic mass is 10.0. The molecule has 0 unspecified atom stereocenters. The van der Waals surface area contributed by atoms with Gasteiger partial charge in [-0.2, -0.15) is 0 Å². The zero-order valence-corrected chi connectivity index (χ0v) is 14.6. The number of halogens is 1. The molecule has 0 aliphatic rings. The summed E-state index contributed by atoms with van der Waals surface area (Å²) in [5.74, 6) is 0.310. The quantitative estimate of drug-likeness (QED) is 0.622. The first-order valence-electron chi connectivity index (χ1n) is 6.80. The minimum Gasteiger partial charge on any atom is -0.494 e. The molecule has 23 heavy (non-hydrogen) atoms. The lowest BCUT2D eigenvalue weighted by Gasteiger charge is -2.11. The van der Waals surface area contributed by atoms with Gasteiger partial charge in [-0.1, -0.05) is 30.3 Å². The van der Waals surface area contributed by atoms with Gasteiger partial charge in [-0.25, -0.2) is 0 Å². The summed E-state index contributed by atoms with van der Waals surface area (Å²) < 4.78 is 6.06. The number of nitrogens with one attached hydrogen (secondary N) is 2. The number of benzene rings is 2. The normalized spacial score (nSPS) is 10.5. The number of hydrogen-bond donors (Lipinski definition) is 2. The van der Waals surface area contributed by atoms with Crippen molar-refractivity contribution in [1.29, 1.82) is 5.41 Å². The first-order chi connectivity index (χ1) is 11.2. The molecule has 0 aliphatic heterocycles. The lowest BCUT2D eigenvalue weighted by molar-refractivity contribution is 0.102. The van der Waals surface area contributed by atoms with Crippen molar-refractivity contribution in [3.8, 4) is 5.75 Å². The van der Waals surface area contributed by atoms with Gasteiger partial charge in [0, 0.05) is 22.7 Å². The van der Waals surface area contributed by atoms with Crippen molar-refractivity contribution in [2.75, 3.05) is 12.4 Å². The number of carbonyl (C=O) groups excluding carboxylic acids is 1. The number of ether oxygens (including phenoxy) is 1. The van der Waals surface area contributed by atoms with E-state index in [4.69, 9.17) is 10.1 Å². The van der Waals surface area contributed by atoms with Gasteiger partial charge in [-0.3, -0.25) is 4.79 Å². The molecule has 0 saturated heterocycles. The van der Waals surface area contributed by atoms with Crippen molar-refractivity contribution < 1.29 is 9.53 Å². The molecule has 4 nitrogen and oxygen atoms in total. The number of anilines is 1. The summed E-state index contributed by atoms with van der Waals surface area (Å²) in [5, 5.41) is 14.0. The topological polar surface area (TPSA) is 62.2 Å². The van der Waals surface area contributed by atoms with Crippen LogP contribution in [0.25, 0.3) is 10.8 Å². The molecule has 0 atom stereocenters. The fourth-order valence-electron chi connectivity index (χ4n) is 2.42. The Kier molecular flexibility index (Phi) is 4.45. The van der Waals surface area contributed by atoms with Crippen LogP contribution in [0.4, 0.5) is 5.69 Å². The maximum absolute atomic E-state index is 12.6. The molecular formula is C17H13BrN2O2S. The molecular weight excluding hydrogens is 376 g/mol. The van der Waals surface area contributed by atoms with Crippen LogP contribution >= 0.6 is 27.3 Å².